The average Bonchev–Trinajstić information content (AvgIpc) is 3.04. The molecule has 0 spiro atoms. The van der Waals surface area contributed by atoms with Crippen molar-refractivity contribution >= 4 is 48.7 Å². The van der Waals surface area contributed by atoms with Gasteiger partial charge in [0, 0.05) is 36.8 Å². The Bertz CT molecular complexity index is 750. The number of nitrogens with one attached hydrogen (secondary N) is 1. The standard InChI is InChI=1S/C16H15BrFNS2/c1-2-19-14(8-13-7-11(17)9-20-13)16-6-10-5-12(18)3-4-15(10)21-16/h3-7,9,14,19H,2,8H2,1H3. The fourth-order valence-electron chi connectivity index (χ4n) is 2.39. The summed E-state index contributed by atoms with van der Waals surface area (Å²) in [5.74, 6) is -0.172. The highest BCUT2D eigenvalue weighted by Gasteiger charge is 2.15. The van der Waals surface area contributed by atoms with Gasteiger partial charge in [-0.25, -0.2) is 4.39 Å². The second-order valence-electron chi connectivity index (χ2n) is 4.88. The van der Waals surface area contributed by atoms with Gasteiger partial charge in [0.05, 0.1) is 0 Å². The summed E-state index contributed by atoms with van der Waals surface area (Å²) in [6.07, 6.45) is 0.958. The number of hydrogen-bond donors (Lipinski definition) is 1. The second kappa shape index (κ2) is 6.57. The highest BCUT2D eigenvalue weighted by Crippen LogP contribution is 2.33. The molecule has 3 aromatic rings. The zero-order valence-corrected chi connectivity index (χ0v) is 14.7. The smallest absolute Gasteiger partial charge is 0.123 e. The van der Waals surface area contributed by atoms with Gasteiger partial charge in [0.2, 0.25) is 0 Å². The van der Waals surface area contributed by atoms with E-state index in [4.69, 9.17) is 0 Å². The molecule has 5 heteroatoms. The number of fused-ring (bicyclic) bond motifs is 1. The van der Waals surface area contributed by atoms with Crippen LogP contribution in [-0.2, 0) is 6.42 Å². The van der Waals surface area contributed by atoms with Crippen LogP contribution >= 0.6 is 38.6 Å². The van der Waals surface area contributed by atoms with Gasteiger partial charge in [-0.05, 0) is 58.2 Å². The van der Waals surface area contributed by atoms with Crippen molar-refractivity contribution in [3.63, 3.8) is 0 Å². The molecule has 2 aromatic heterocycles. The number of thiophene rings is 2. The molecule has 0 saturated heterocycles. The van der Waals surface area contributed by atoms with Gasteiger partial charge >= 0.3 is 0 Å². The van der Waals surface area contributed by atoms with Crippen LogP contribution in [0.15, 0.2) is 40.2 Å². The van der Waals surface area contributed by atoms with E-state index in [1.807, 2.05) is 6.07 Å². The Hall–Kier alpha value is -0.750. The maximum atomic E-state index is 13.3. The molecule has 1 aromatic carbocycles. The molecule has 0 fully saturated rings. The number of halogens is 2. The van der Waals surface area contributed by atoms with Crippen LogP contribution in [0.3, 0.4) is 0 Å². The van der Waals surface area contributed by atoms with Crippen molar-refractivity contribution in [1.29, 1.82) is 0 Å². The largest absolute Gasteiger partial charge is 0.309 e. The molecule has 0 saturated carbocycles. The van der Waals surface area contributed by atoms with Crippen LogP contribution in [0.1, 0.15) is 22.7 Å². The molecule has 0 aliphatic heterocycles. The molecular formula is C16H15BrFNS2. The van der Waals surface area contributed by atoms with Crippen molar-refractivity contribution in [2.75, 3.05) is 6.54 Å². The number of likely N-dealkylation sites (N-methyl/N-ethyl adjacent to an activating group) is 1. The molecule has 1 N–H and O–H groups in total. The lowest BCUT2D eigenvalue weighted by atomic mass is 10.1. The minimum Gasteiger partial charge on any atom is -0.309 e. The van der Waals surface area contributed by atoms with Crippen molar-refractivity contribution in [2.45, 2.75) is 19.4 Å². The first-order valence-corrected chi connectivity index (χ1v) is 9.30. The molecule has 0 bridgehead atoms. The Morgan fingerprint density at radius 3 is 2.86 bits per heavy atom. The van der Waals surface area contributed by atoms with Gasteiger partial charge in [0.25, 0.3) is 0 Å². The molecule has 21 heavy (non-hydrogen) atoms. The van der Waals surface area contributed by atoms with E-state index in [-0.39, 0.29) is 11.9 Å². The maximum Gasteiger partial charge on any atom is 0.123 e. The first-order valence-electron chi connectivity index (χ1n) is 6.81. The summed E-state index contributed by atoms with van der Waals surface area (Å²) < 4.78 is 15.6. The maximum absolute atomic E-state index is 13.3. The highest BCUT2D eigenvalue weighted by molar-refractivity contribution is 9.10. The van der Waals surface area contributed by atoms with E-state index in [0.717, 1.165) is 27.5 Å². The third kappa shape index (κ3) is 3.54. The molecule has 1 nitrogen and oxygen atoms in total. The lowest BCUT2D eigenvalue weighted by Gasteiger charge is -2.15. The van der Waals surface area contributed by atoms with Crippen molar-refractivity contribution in [2.24, 2.45) is 0 Å². The monoisotopic (exact) mass is 383 g/mol. The molecule has 0 radical (unpaired) electrons. The molecular weight excluding hydrogens is 369 g/mol. The predicted molar refractivity (Wildman–Crippen MR) is 93.9 cm³/mol. The Morgan fingerprint density at radius 1 is 1.29 bits per heavy atom. The first kappa shape index (κ1) is 15.2. The minimum atomic E-state index is -0.172. The summed E-state index contributed by atoms with van der Waals surface area (Å²) in [5, 5.41) is 6.64. The Labute approximate surface area is 139 Å². The lowest BCUT2D eigenvalue weighted by Crippen LogP contribution is -2.21. The minimum absolute atomic E-state index is 0.172. The van der Waals surface area contributed by atoms with Gasteiger partial charge in [-0.1, -0.05) is 6.92 Å². The van der Waals surface area contributed by atoms with Crippen molar-refractivity contribution < 1.29 is 4.39 Å². The zero-order valence-electron chi connectivity index (χ0n) is 11.5. The fraction of sp³-hybridized carbons (Fsp3) is 0.250. The lowest BCUT2D eigenvalue weighted by molar-refractivity contribution is 0.562. The van der Waals surface area contributed by atoms with Gasteiger partial charge in [-0.3, -0.25) is 0 Å². The van der Waals surface area contributed by atoms with Gasteiger partial charge < -0.3 is 5.32 Å². The van der Waals surface area contributed by atoms with E-state index in [9.17, 15) is 4.39 Å². The summed E-state index contributed by atoms with van der Waals surface area (Å²) in [7, 11) is 0. The summed E-state index contributed by atoms with van der Waals surface area (Å²) in [5.41, 5.74) is 0. The van der Waals surface area contributed by atoms with Crippen LogP contribution < -0.4 is 5.32 Å². The summed E-state index contributed by atoms with van der Waals surface area (Å²) in [6.45, 7) is 3.03. The van der Waals surface area contributed by atoms with Crippen LogP contribution in [0, 0.1) is 5.82 Å². The van der Waals surface area contributed by atoms with Crippen LogP contribution in [-0.4, -0.2) is 6.54 Å². The van der Waals surface area contributed by atoms with Gasteiger partial charge in [0.15, 0.2) is 0 Å². The van der Waals surface area contributed by atoms with E-state index < -0.39 is 0 Å². The third-order valence-corrected chi connectivity index (χ3v) is 6.27. The van der Waals surface area contributed by atoms with Crippen LogP contribution in [0.5, 0.6) is 0 Å². The Kier molecular flexibility index (Phi) is 4.74. The average molecular weight is 384 g/mol. The second-order valence-corrected chi connectivity index (χ2v) is 7.90. The van der Waals surface area contributed by atoms with Crippen LogP contribution in [0.4, 0.5) is 4.39 Å². The third-order valence-electron chi connectivity index (χ3n) is 3.32. The summed E-state index contributed by atoms with van der Waals surface area (Å²) in [6, 6.07) is 9.56. The summed E-state index contributed by atoms with van der Waals surface area (Å²) >= 11 is 7.01. The van der Waals surface area contributed by atoms with E-state index in [0.29, 0.717) is 0 Å². The Balaban J connectivity index is 1.90. The normalized spacial score (nSPS) is 12.9. The van der Waals surface area contributed by atoms with Crippen molar-refractivity contribution in [3.8, 4) is 0 Å². The predicted octanol–water partition coefficient (Wildman–Crippen LogP) is 5.76. The van der Waals surface area contributed by atoms with E-state index in [2.05, 4.69) is 45.7 Å². The quantitative estimate of drug-likeness (QED) is 0.590. The zero-order chi connectivity index (χ0) is 14.8. The highest BCUT2D eigenvalue weighted by atomic mass is 79.9. The fourth-order valence-corrected chi connectivity index (χ4v) is 5.01. The van der Waals surface area contributed by atoms with E-state index in [1.54, 1.807) is 28.7 Å². The number of hydrogen-bond acceptors (Lipinski definition) is 3. The van der Waals surface area contributed by atoms with Crippen molar-refractivity contribution in [1.82, 2.24) is 5.32 Å². The van der Waals surface area contributed by atoms with E-state index >= 15 is 0 Å². The van der Waals surface area contributed by atoms with Gasteiger partial charge in [-0.2, -0.15) is 0 Å². The van der Waals surface area contributed by atoms with E-state index in [1.165, 1.54) is 15.8 Å². The molecule has 2 heterocycles. The number of benzene rings is 1. The summed E-state index contributed by atoms with van der Waals surface area (Å²) in [4.78, 5) is 2.61. The molecule has 110 valence electrons. The molecule has 0 amide bonds. The Morgan fingerprint density at radius 2 is 2.14 bits per heavy atom. The van der Waals surface area contributed by atoms with Crippen LogP contribution in [0.2, 0.25) is 0 Å². The van der Waals surface area contributed by atoms with Gasteiger partial charge in [-0.15, -0.1) is 22.7 Å². The topological polar surface area (TPSA) is 12.0 Å². The van der Waals surface area contributed by atoms with Crippen molar-refractivity contribution in [3.05, 3.63) is 55.8 Å². The number of rotatable bonds is 5. The van der Waals surface area contributed by atoms with Crippen LogP contribution in [0.25, 0.3) is 10.1 Å². The molecule has 1 atom stereocenters. The molecule has 0 aliphatic carbocycles. The SMILES string of the molecule is CCNC(Cc1cc(Br)cs1)c1cc2cc(F)ccc2s1. The van der Waals surface area contributed by atoms with Gasteiger partial charge in [0.1, 0.15) is 5.82 Å². The molecule has 0 aliphatic rings. The molecule has 3 rings (SSSR count). The molecule has 1 unspecified atom stereocenters. The first-order chi connectivity index (χ1) is 10.2.